The van der Waals surface area contributed by atoms with Crippen molar-refractivity contribution in [2.45, 2.75) is 25.4 Å². The second kappa shape index (κ2) is 8.09. The number of carbonyl (C=O) groups is 3. The van der Waals surface area contributed by atoms with Crippen LogP contribution in [0.2, 0.25) is 0 Å². The molecule has 0 radical (unpaired) electrons. The Morgan fingerprint density at radius 1 is 1.26 bits per heavy atom. The number of non-ortho nitro benzene ring substituents is 1. The van der Waals surface area contributed by atoms with Crippen molar-refractivity contribution in [2.24, 2.45) is 0 Å². The standard InChI is InChI=1S/C20H18F2N4O5/c1-11(15-7-6-13(21)9-16(15)22)23-17(27)10-25-18(28)20(2,24-19(25)29)12-4-3-5-14(8-12)26(30)31/h3-9,11H,10H2,1-2H3,(H,23,27)(H,24,29). The van der Waals surface area contributed by atoms with Gasteiger partial charge in [0.05, 0.1) is 11.0 Å². The van der Waals surface area contributed by atoms with E-state index in [9.17, 15) is 33.3 Å². The van der Waals surface area contributed by atoms with Crippen LogP contribution in [0.3, 0.4) is 0 Å². The summed E-state index contributed by atoms with van der Waals surface area (Å²) in [4.78, 5) is 48.7. The van der Waals surface area contributed by atoms with Crippen LogP contribution < -0.4 is 10.6 Å². The van der Waals surface area contributed by atoms with Gasteiger partial charge in [-0.2, -0.15) is 0 Å². The second-order valence-corrected chi connectivity index (χ2v) is 7.21. The fourth-order valence-electron chi connectivity index (χ4n) is 3.33. The van der Waals surface area contributed by atoms with Crippen LogP contribution >= 0.6 is 0 Å². The molecular formula is C20H18F2N4O5. The lowest BCUT2D eigenvalue weighted by Gasteiger charge is -2.22. The highest BCUT2D eigenvalue weighted by Crippen LogP contribution is 2.30. The molecule has 3 rings (SSSR count). The largest absolute Gasteiger partial charge is 0.348 e. The van der Waals surface area contributed by atoms with Crippen molar-refractivity contribution < 1.29 is 28.1 Å². The molecule has 0 bridgehead atoms. The minimum Gasteiger partial charge on any atom is -0.348 e. The van der Waals surface area contributed by atoms with Crippen LogP contribution in [0.5, 0.6) is 0 Å². The maximum Gasteiger partial charge on any atom is 0.325 e. The van der Waals surface area contributed by atoms with Gasteiger partial charge in [-0.1, -0.05) is 18.2 Å². The molecule has 9 nitrogen and oxygen atoms in total. The highest BCUT2D eigenvalue weighted by atomic mass is 19.1. The molecule has 2 aromatic carbocycles. The third-order valence-electron chi connectivity index (χ3n) is 5.02. The molecule has 0 aromatic heterocycles. The van der Waals surface area contributed by atoms with E-state index in [1.807, 2.05) is 0 Å². The van der Waals surface area contributed by atoms with Gasteiger partial charge in [-0.05, 0) is 25.5 Å². The van der Waals surface area contributed by atoms with Gasteiger partial charge < -0.3 is 10.6 Å². The van der Waals surface area contributed by atoms with Crippen LogP contribution in [0.25, 0.3) is 0 Å². The topological polar surface area (TPSA) is 122 Å². The summed E-state index contributed by atoms with van der Waals surface area (Å²) in [5.74, 6) is -3.13. The van der Waals surface area contributed by atoms with E-state index >= 15 is 0 Å². The van der Waals surface area contributed by atoms with Crippen LogP contribution in [0.1, 0.15) is 31.0 Å². The smallest absolute Gasteiger partial charge is 0.325 e. The minimum absolute atomic E-state index is 0.0355. The van der Waals surface area contributed by atoms with Crippen LogP contribution in [-0.2, 0) is 15.1 Å². The normalized spacial score (nSPS) is 19.2. The van der Waals surface area contributed by atoms with Gasteiger partial charge in [0.25, 0.3) is 11.6 Å². The number of hydrogen-bond acceptors (Lipinski definition) is 5. The van der Waals surface area contributed by atoms with Crippen LogP contribution in [-0.4, -0.2) is 34.2 Å². The summed E-state index contributed by atoms with van der Waals surface area (Å²) in [6.07, 6.45) is 0. The fraction of sp³-hybridized carbons (Fsp3) is 0.250. The minimum atomic E-state index is -1.60. The van der Waals surface area contributed by atoms with Crippen molar-refractivity contribution in [2.75, 3.05) is 6.54 Å². The molecule has 2 unspecified atom stereocenters. The summed E-state index contributed by atoms with van der Waals surface area (Å²) in [5.41, 5.74) is -1.64. The molecule has 11 heteroatoms. The number of nitro benzene ring substituents is 1. The van der Waals surface area contributed by atoms with E-state index in [4.69, 9.17) is 0 Å². The van der Waals surface area contributed by atoms with E-state index < -0.39 is 52.5 Å². The van der Waals surface area contributed by atoms with Gasteiger partial charge in [-0.15, -0.1) is 0 Å². The Bertz CT molecular complexity index is 1090. The number of carbonyl (C=O) groups excluding carboxylic acids is 3. The molecule has 0 saturated carbocycles. The molecule has 2 aromatic rings. The van der Waals surface area contributed by atoms with E-state index in [0.717, 1.165) is 6.07 Å². The van der Waals surface area contributed by atoms with Crippen LogP contribution in [0.4, 0.5) is 19.3 Å². The summed E-state index contributed by atoms with van der Waals surface area (Å²) in [6, 6.07) is 6.45. The molecule has 1 aliphatic heterocycles. The Balaban J connectivity index is 1.74. The number of halogens is 2. The lowest BCUT2D eigenvalue weighted by molar-refractivity contribution is -0.385. The summed E-state index contributed by atoms with van der Waals surface area (Å²) < 4.78 is 26.9. The molecule has 2 atom stereocenters. The van der Waals surface area contributed by atoms with Gasteiger partial charge in [-0.25, -0.2) is 13.6 Å². The van der Waals surface area contributed by atoms with E-state index in [1.54, 1.807) is 0 Å². The molecule has 0 aliphatic carbocycles. The van der Waals surface area contributed by atoms with Crippen molar-refractivity contribution in [3.05, 3.63) is 75.3 Å². The molecule has 4 amide bonds. The van der Waals surface area contributed by atoms with E-state index in [1.165, 1.54) is 44.2 Å². The predicted octanol–water partition coefficient (Wildman–Crippen LogP) is 2.52. The molecule has 1 aliphatic rings. The summed E-state index contributed by atoms with van der Waals surface area (Å²) in [5, 5.41) is 15.9. The Kier molecular flexibility index (Phi) is 5.69. The maximum absolute atomic E-state index is 13.9. The molecule has 1 heterocycles. The summed E-state index contributed by atoms with van der Waals surface area (Å²) in [7, 11) is 0. The number of nitrogens with one attached hydrogen (secondary N) is 2. The van der Waals surface area contributed by atoms with E-state index in [0.29, 0.717) is 11.0 Å². The van der Waals surface area contributed by atoms with Gasteiger partial charge >= 0.3 is 6.03 Å². The first-order valence-electron chi connectivity index (χ1n) is 9.16. The highest BCUT2D eigenvalue weighted by Gasteiger charge is 2.49. The molecule has 31 heavy (non-hydrogen) atoms. The fourth-order valence-corrected chi connectivity index (χ4v) is 3.33. The van der Waals surface area contributed by atoms with Crippen molar-refractivity contribution >= 4 is 23.5 Å². The lowest BCUT2D eigenvalue weighted by atomic mass is 9.91. The Hall–Kier alpha value is -3.89. The maximum atomic E-state index is 13.9. The summed E-state index contributed by atoms with van der Waals surface area (Å²) >= 11 is 0. The van der Waals surface area contributed by atoms with E-state index in [-0.39, 0.29) is 16.8 Å². The van der Waals surface area contributed by atoms with Crippen LogP contribution in [0, 0.1) is 21.7 Å². The number of benzene rings is 2. The number of rotatable bonds is 6. The number of imide groups is 1. The number of nitro groups is 1. The first kappa shape index (κ1) is 21.8. The van der Waals surface area contributed by atoms with Gasteiger partial charge in [-0.3, -0.25) is 24.6 Å². The van der Waals surface area contributed by atoms with Gasteiger partial charge in [0.1, 0.15) is 23.7 Å². The predicted molar refractivity (Wildman–Crippen MR) is 104 cm³/mol. The van der Waals surface area contributed by atoms with Crippen LogP contribution in [0.15, 0.2) is 42.5 Å². The lowest BCUT2D eigenvalue weighted by Crippen LogP contribution is -2.43. The molecule has 162 valence electrons. The zero-order valence-electron chi connectivity index (χ0n) is 16.5. The number of amides is 4. The zero-order valence-corrected chi connectivity index (χ0v) is 16.5. The Morgan fingerprint density at radius 2 is 1.97 bits per heavy atom. The number of nitrogens with zero attached hydrogens (tertiary/aromatic N) is 2. The molecule has 1 fully saturated rings. The van der Waals surface area contributed by atoms with Gasteiger partial charge in [0.2, 0.25) is 5.91 Å². The van der Waals surface area contributed by atoms with E-state index in [2.05, 4.69) is 10.6 Å². The molecular weight excluding hydrogens is 414 g/mol. The monoisotopic (exact) mass is 432 g/mol. The number of urea groups is 1. The molecule has 2 N–H and O–H groups in total. The first-order valence-corrected chi connectivity index (χ1v) is 9.16. The SMILES string of the molecule is CC(NC(=O)CN1C(=O)NC(C)(c2cccc([N+](=O)[O-])c2)C1=O)c1ccc(F)cc1F. The Labute approximate surface area is 175 Å². The quantitative estimate of drug-likeness (QED) is 0.413. The molecule has 1 saturated heterocycles. The van der Waals surface area contributed by atoms with Gasteiger partial charge in [0.15, 0.2) is 0 Å². The summed E-state index contributed by atoms with van der Waals surface area (Å²) in [6.45, 7) is 2.19. The first-order chi connectivity index (χ1) is 14.5. The second-order valence-electron chi connectivity index (χ2n) is 7.21. The van der Waals surface area contributed by atoms with Crippen molar-refractivity contribution in [3.8, 4) is 0 Å². The van der Waals surface area contributed by atoms with Crippen molar-refractivity contribution in [1.29, 1.82) is 0 Å². The third-order valence-corrected chi connectivity index (χ3v) is 5.02. The van der Waals surface area contributed by atoms with Crippen molar-refractivity contribution in [1.82, 2.24) is 15.5 Å². The zero-order chi connectivity index (χ0) is 22.9. The van der Waals surface area contributed by atoms with Gasteiger partial charge in [0, 0.05) is 23.8 Å². The number of hydrogen-bond donors (Lipinski definition) is 2. The average molecular weight is 432 g/mol. The molecule has 0 spiro atoms. The third kappa shape index (κ3) is 4.20. The van der Waals surface area contributed by atoms with Crippen molar-refractivity contribution in [3.63, 3.8) is 0 Å². The Morgan fingerprint density at radius 3 is 2.61 bits per heavy atom. The highest BCUT2D eigenvalue weighted by molar-refractivity contribution is 6.09. The average Bonchev–Trinajstić information content (AvgIpc) is 2.92.